The Kier molecular flexibility index (Phi) is 15.0. The number of carbonyl (C=O) groups is 4. The summed E-state index contributed by atoms with van der Waals surface area (Å²) in [7, 11) is -5.23. The number of ether oxygens (including phenoxy) is 2. The topological polar surface area (TPSA) is 244 Å². The third-order valence-corrected chi connectivity index (χ3v) is 11.8. The van der Waals surface area contributed by atoms with Gasteiger partial charge < -0.3 is 30.3 Å². The number of amides is 2. The molecule has 63 heavy (non-hydrogen) atoms. The van der Waals surface area contributed by atoms with Crippen molar-refractivity contribution in [2.45, 2.75) is 9.79 Å². The average Bonchev–Trinajstić information content (AvgIpc) is 3.24. The number of methoxy groups -OCH3 is 2. The van der Waals surface area contributed by atoms with Gasteiger partial charge in [-0.3, -0.25) is 19.0 Å². The van der Waals surface area contributed by atoms with Crippen molar-refractivity contribution in [1.82, 2.24) is 0 Å². The molecule has 0 spiro atoms. The summed E-state index contributed by atoms with van der Waals surface area (Å²) in [4.78, 5) is 47.2. The zero-order valence-corrected chi connectivity index (χ0v) is 35.7. The molecular formula is C42H33Cl2FN4O12S2. The van der Waals surface area contributed by atoms with Crippen LogP contribution in [-0.4, -0.2) is 65.0 Å². The molecule has 6 N–H and O–H groups in total. The van der Waals surface area contributed by atoms with Crippen LogP contribution >= 0.6 is 23.2 Å². The first-order valence-electron chi connectivity index (χ1n) is 17.7. The predicted molar refractivity (Wildman–Crippen MR) is 233 cm³/mol. The standard InChI is InChI=1S/C21H16ClFN2O6S.C21H17ClN2O6S/c1-31-19-9-4-13(22)10-18(19)25-32(29,30)15-6-2-12(3-7-15)20(26)24-17-8-5-14(23)11-16(17)21(27)28;1-30-19-11-8-14(22)12-18(19)24-31(28,29)15-9-6-13(7-10-15)20(25)23-17-5-3-2-4-16(17)21(26)27/h2-11,25H,1H3,(H,24,26)(H,27,28);2-12,24H,1H3,(H,23,25)(H,26,27). The molecule has 0 atom stereocenters. The maximum absolute atomic E-state index is 13.3. The van der Waals surface area contributed by atoms with Gasteiger partial charge in [0.2, 0.25) is 0 Å². The van der Waals surface area contributed by atoms with E-state index < -0.39 is 55.2 Å². The van der Waals surface area contributed by atoms with Crippen molar-refractivity contribution in [3.8, 4) is 11.5 Å². The van der Waals surface area contributed by atoms with E-state index >= 15 is 0 Å². The molecule has 326 valence electrons. The molecule has 0 bridgehead atoms. The maximum Gasteiger partial charge on any atom is 0.337 e. The molecule has 0 unspecified atom stereocenters. The molecule has 0 aliphatic carbocycles. The van der Waals surface area contributed by atoms with E-state index in [0.717, 1.165) is 18.2 Å². The van der Waals surface area contributed by atoms with Gasteiger partial charge in [-0.05, 0) is 115 Å². The van der Waals surface area contributed by atoms with Crippen LogP contribution in [0.3, 0.4) is 0 Å². The summed E-state index contributed by atoms with van der Waals surface area (Å²) in [5, 5.41) is 23.9. The minimum Gasteiger partial charge on any atom is -0.495 e. The van der Waals surface area contributed by atoms with Gasteiger partial charge in [0.25, 0.3) is 31.9 Å². The highest BCUT2D eigenvalue weighted by Gasteiger charge is 2.21. The summed E-state index contributed by atoms with van der Waals surface area (Å²) in [6.45, 7) is 0. The quantitative estimate of drug-likeness (QED) is 0.0604. The van der Waals surface area contributed by atoms with Crippen LogP contribution in [0.15, 0.2) is 137 Å². The lowest BCUT2D eigenvalue weighted by atomic mass is 10.1. The fraction of sp³-hybridized carbons (Fsp3) is 0.0476. The molecule has 21 heteroatoms. The number of halogens is 3. The van der Waals surface area contributed by atoms with Crippen LogP contribution in [-0.2, 0) is 20.0 Å². The number of carbonyl (C=O) groups excluding carboxylic acids is 2. The number of benzene rings is 6. The van der Waals surface area contributed by atoms with E-state index in [1.54, 1.807) is 24.3 Å². The maximum atomic E-state index is 13.3. The van der Waals surface area contributed by atoms with Gasteiger partial charge in [-0.15, -0.1) is 0 Å². The van der Waals surface area contributed by atoms with E-state index in [1.165, 1.54) is 99.1 Å². The molecule has 6 aromatic carbocycles. The number of hydrogen-bond acceptors (Lipinski definition) is 10. The molecule has 0 saturated carbocycles. The fourth-order valence-corrected chi connectivity index (χ4v) is 7.93. The monoisotopic (exact) mass is 938 g/mol. The Hall–Kier alpha value is -7.19. The number of hydrogen-bond donors (Lipinski definition) is 6. The van der Waals surface area contributed by atoms with E-state index in [9.17, 15) is 45.5 Å². The lowest BCUT2D eigenvalue weighted by Gasteiger charge is -2.13. The highest BCUT2D eigenvalue weighted by Crippen LogP contribution is 2.31. The normalized spacial score (nSPS) is 10.9. The van der Waals surface area contributed by atoms with Crippen LogP contribution < -0.4 is 29.6 Å². The third kappa shape index (κ3) is 12.0. The molecule has 0 fully saturated rings. The molecule has 0 aliphatic heterocycles. The molecule has 0 heterocycles. The molecule has 6 rings (SSSR count). The summed E-state index contributed by atoms with van der Waals surface area (Å²) in [6.07, 6.45) is 0. The molecule has 16 nitrogen and oxygen atoms in total. The lowest BCUT2D eigenvalue weighted by Crippen LogP contribution is -2.16. The highest BCUT2D eigenvalue weighted by atomic mass is 35.5. The minimum absolute atomic E-state index is 0.0601. The van der Waals surface area contributed by atoms with Gasteiger partial charge in [-0.25, -0.2) is 30.8 Å². The van der Waals surface area contributed by atoms with Gasteiger partial charge in [0.05, 0.1) is 57.9 Å². The van der Waals surface area contributed by atoms with Crippen LogP contribution in [0.5, 0.6) is 11.5 Å². The first-order chi connectivity index (χ1) is 29.8. The number of nitrogens with one attached hydrogen (secondary N) is 4. The zero-order valence-electron chi connectivity index (χ0n) is 32.6. The number of sulfonamides is 2. The van der Waals surface area contributed by atoms with Crippen molar-refractivity contribution in [3.05, 3.63) is 166 Å². The van der Waals surface area contributed by atoms with Crippen molar-refractivity contribution in [1.29, 1.82) is 0 Å². The van der Waals surface area contributed by atoms with Crippen molar-refractivity contribution in [3.63, 3.8) is 0 Å². The minimum atomic E-state index is -4.03. The average molecular weight is 940 g/mol. The Morgan fingerprint density at radius 1 is 0.524 bits per heavy atom. The number of carboxylic acids is 2. The summed E-state index contributed by atoms with van der Waals surface area (Å²) < 4.78 is 79.1. The smallest absolute Gasteiger partial charge is 0.337 e. The van der Waals surface area contributed by atoms with Crippen molar-refractivity contribution < 1.29 is 60.1 Å². The van der Waals surface area contributed by atoms with E-state index in [2.05, 4.69) is 20.1 Å². The van der Waals surface area contributed by atoms with Gasteiger partial charge in [-0.2, -0.15) is 0 Å². The van der Waals surface area contributed by atoms with E-state index in [1.807, 2.05) is 0 Å². The Bertz CT molecular complexity index is 2940. The molecule has 0 aromatic heterocycles. The SMILES string of the molecule is COc1ccc(Cl)cc1NS(=O)(=O)c1ccc(C(=O)Nc2ccc(F)cc2C(=O)O)cc1.COc1ccc(Cl)cc1NS(=O)(=O)c1ccc(C(=O)Nc2ccccc2C(=O)O)cc1. The number of aromatic carboxylic acids is 2. The zero-order chi connectivity index (χ0) is 46.1. The number of para-hydroxylation sites is 1. The summed E-state index contributed by atoms with van der Waals surface area (Å²) >= 11 is 11.8. The van der Waals surface area contributed by atoms with Gasteiger partial charge in [-0.1, -0.05) is 35.3 Å². The second-order valence-electron chi connectivity index (χ2n) is 12.7. The van der Waals surface area contributed by atoms with Crippen LogP contribution in [0.1, 0.15) is 41.4 Å². The number of carboxylic acid groups (broad SMARTS) is 2. The predicted octanol–water partition coefficient (Wildman–Crippen LogP) is 8.34. The lowest BCUT2D eigenvalue weighted by molar-refractivity contribution is 0.0686. The molecule has 0 radical (unpaired) electrons. The van der Waals surface area contributed by atoms with Crippen LogP contribution in [0, 0.1) is 5.82 Å². The van der Waals surface area contributed by atoms with Gasteiger partial charge >= 0.3 is 11.9 Å². The Morgan fingerprint density at radius 3 is 1.35 bits per heavy atom. The van der Waals surface area contributed by atoms with Crippen LogP contribution in [0.2, 0.25) is 10.0 Å². The fourth-order valence-electron chi connectivity index (χ4n) is 5.47. The number of anilines is 4. The Labute approximate surface area is 369 Å². The molecular weight excluding hydrogens is 907 g/mol. The first-order valence-corrected chi connectivity index (χ1v) is 21.4. The van der Waals surface area contributed by atoms with Crippen molar-refractivity contribution in [2.75, 3.05) is 34.3 Å². The summed E-state index contributed by atoms with van der Waals surface area (Å²) in [5.74, 6) is -4.08. The van der Waals surface area contributed by atoms with Gasteiger partial charge in [0.15, 0.2) is 0 Å². The van der Waals surface area contributed by atoms with E-state index in [0.29, 0.717) is 15.8 Å². The van der Waals surface area contributed by atoms with Crippen molar-refractivity contribution in [2.24, 2.45) is 0 Å². The van der Waals surface area contributed by atoms with Crippen molar-refractivity contribution >= 4 is 89.8 Å². The van der Waals surface area contributed by atoms with Gasteiger partial charge in [0.1, 0.15) is 17.3 Å². The second-order valence-corrected chi connectivity index (χ2v) is 16.9. The van der Waals surface area contributed by atoms with Crippen LogP contribution in [0.25, 0.3) is 0 Å². The van der Waals surface area contributed by atoms with Gasteiger partial charge in [0, 0.05) is 21.2 Å². The Morgan fingerprint density at radius 2 is 0.937 bits per heavy atom. The highest BCUT2D eigenvalue weighted by molar-refractivity contribution is 7.93. The van der Waals surface area contributed by atoms with Crippen LogP contribution in [0.4, 0.5) is 27.1 Å². The largest absolute Gasteiger partial charge is 0.495 e. The third-order valence-electron chi connectivity index (χ3n) is 8.53. The molecule has 0 aliphatic rings. The molecule has 6 aromatic rings. The number of rotatable bonds is 14. The molecule has 0 saturated heterocycles. The summed E-state index contributed by atoms with van der Waals surface area (Å²) in [5.41, 5.74) is 0.0690. The molecule has 2 amide bonds. The Balaban J connectivity index is 0.000000238. The summed E-state index contributed by atoms with van der Waals surface area (Å²) in [6, 6.07) is 27.9. The van der Waals surface area contributed by atoms with E-state index in [-0.39, 0.29) is 55.0 Å². The second kappa shape index (κ2) is 20.1. The first kappa shape index (κ1) is 46.9. The van der Waals surface area contributed by atoms with E-state index in [4.69, 9.17) is 37.8 Å².